The minimum Gasteiger partial charge on any atom is -0.356 e. The topological polar surface area (TPSA) is 54.2 Å². The van der Waals surface area contributed by atoms with Crippen molar-refractivity contribution in [3.8, 4) is 0 Å². The molecule has 0 aliphatic carbocycles. The summed E-state index contributed by atoms with van der Waals surface area (Å²) in [5.41, 5.74) is 2.51. The van der Waals surface area contributed by atoms with Crippen LogP contribution in [0, 0.1) is 0 Å². The van der Waals surface area contributed by atoms with Crippen LogP contribution in [0.15, 0.2) is 65.2 Å². The van der Waals surface area contributed by atoms with Crippen molar-refractivity contribution in [3.05, 3.63) is 76.2 Å². The first-order valence-electron chi connectivity index (χ1n) is 8.36. The van der Waals surface area contributed by atoms with Gasteiger partial charge in [-0.25, -0.2) is 0 Å². The van der Waals surface area contributed by atoms with E-state index in [2.05, 4.69) is 62.5 Å². The van der Waals surface area contributed by atoms with Crippen LogP contribution in [0.25, 0.3) is 0 Å². The van der Waals surface area contributed by atoms with Crippen LogP contribution < -0.4 is 10.6 Å². The van der Waals surface area contributed by atoms with E-state index in [1.54, 1.807) is 24.6 Å². The molecule has 0 saturated heterocycles. The molecule has 26 heavy (non-hydrogen) atoms. The second kappa shape index (κ2) is 11.0. The number of hydrogen-bond acceptors (Lipinski definition) is 3. The lowest BCUT2D eigenvalue weighted by molar-refractivity contribution is 0.677. The zero-order valence-corrected chi connectivity index (χ0v) is 17.9. The van der Waals surface area contributed by atoms with E-state index in [-0.39, 0.29) is 24.0 Å². The zero-order chi connectivity index (χ0) is 17.3. The van der Waals surface area contributed by atoms with Crippen LogP contribution in [0.5, 0.6) is 0 Å². The maximum Gasteiger partial charge on any atom is 0.191 e. The summed E-state index contributed by atoms with van der Waals surface area (Å²) >= 11 is 1.79. The van der Waals surface area contributed by atoms with Crippen LogP contribution in [0.1, 0.15) is 16.0 Å². The van der Waals surface area contributed by atoms with Crippen molar-refractivity contribution in [1.82, 2.24) is 20.4 Å². The third-order valence-electron chi connectivity index (χ3n) is 3.92. The molecular weight excluding hydrogens is 457 g/mol. The van der Waals surface area contributed by atoms with Crippen molar-refractivity contribution in [2.75, 3.05) is 13.6 Å². The first-order valence-corrected chi connectivity index (χ1v) is 9.24. The zero-order valence-electron chi connectivity index (χ0n) is 14.8. The Hall–Kier alpha value is -1.87. The second-order valence-corrected chi connectivity index (χ2v) is 6.69. The molecule has 0 fully saturated rings. The number of aromatic nitrogens is 2. The molecule has 0 spiro atoms. The highest BCUT2D eigenvalue weighted by Crippen LogP contribution is 2.10. The Bertz CT molecular complexity index is 784. The van der Waals surface area contributed by atoms with Gasteiger partial charge >= 0.3 is 0 Å². The van der Waals surface area contributed by atoms with Gasteiger partial charge in [-0.05, 0) is 35.1 Å². The van der Waals surface area contributed by atoms with E-state index in [4.69, 9.17) is 0 Å². The Labute approximate surface area is 175 Å². The summed E-state index contributed by atoms with van der Waals surface area (Å²) < 4.78 is 1.94. The fourth-order valence-electron chi connectivity index (χ4n) is 2.61. The summed E-state index contributed by atoms with van der Waals surface area (Å²) in [5.74, 6) is 0.824. The minimum absolute atomic E-state index is 0. The predicted molar refractivity (Wildman–Crippen MR) is 119 cm³/mol. The highest BCUT2D eigenvalue weighted by Gasteiger charge is 2.05. The smallest absolute Gasteiger partial charge is 0.191 e. The third kappa shape index (κ3) is 6.14. The summed E-state index contributed by atoms with van der Waals surface area (Å²) in [5, 5.41) is 13.2. The lowest BCUT2D eigenvalue weighted by atomic mass is 10.1. The van der Waals surface area contributed by atoms with Crippen LogP contribution in [-0.2, 0) is 19.5 Å². The molecule has 0 unspecified atom stereocenters. The Balaban J connectivity index is 0.00000243. The molecule has 0 aliphatic heterocycles. The van der Waals surface area contributed by atoms with Crippen LogP contribution >= 0.6 is 35.3 Å². The Morgan fingerprint density at radius 3 is 2.65 bits per heavy atom. The lowest BCUT2D eigenvalue weighted by Gasteiger charge is -2.14. The lowest BCUT2D eigenvalue weighted by Crippen LogP contribution is -2.38. The Kier molecular flexibility index (Phi) is 8.63. The van der Waals surface area contributed by atoms with Gasteiger partial charge in [0.25, 0.3) is 0 Å². The van der Waals surface area contributed by atoms with Crippen LogP contribution in [-0.4, -0.2) is 29.3 Å². The average Bonchev–Trinajstić information content (AvgIpc) is 3.33. The summed E-state index contributed by atoms with van der Waals surface area (Å²) in [6, 6.07) is 14.6. The molecule has 0 saturated carbocycles. The predicted octanol–water partition coefficient (Wildman–Crippen LogP) is 3.52. The third-order valence-corrected chi connectivity index (χ3v) is 4.86. The summed E-state index contributed by atoms with van der Waals surface area (Å²) in [6.07, 6.45) is 4.80. The molecule has 138 valence electrons. The van der Waals surface area contributed by atoms with Gasteiger partial charge in [0.2, 0.25) is 0 Å². The van der Waals surface area contributed by atoms with E-state index >= 15 is 0 Å². The van der Waals surface area contributed by atoms with Gasteiger partial charge in [-0.3, -0.25) is 9.67 Å². The van der Waals surface area contributed by atoms with Crippen molar-refractivity contribution in [3.63, 3.8) is 0 Å². The number of nitrogens with one attached hydrogen (secondary N) is 2. The number of halogens is 1. The molecule has 3 rings (SSSR count). The van der Waals surface area contributed by atoms with Crippen LogP contribution in [0.3, 0.4) is 0 Å². The van der Waals surface area contributed by atoms with E-state index in [0.717, 1.165) is 32.0 Å². The highest BCUT2D eigenvalue weighted by atomic mass is 127. The van der Waals surface area contributed by atoms with Crippen LogP contribution in [0.2, 0.25) is 0 Å². The number of benzene rings is 1. The van der Waals surface area contributed by atoms with Crippen LogP contribution in [0.4, 0.5) is 0 Å². The van der Waals surface area contributed by atoms with E-state index < -0.39 is 0 Å². The first kappa shape index (κ1) is 20.4. The number of thiophene rings is 1. The minimum atomic E-state index is 0. The second-order valence-electron chi connectivity index (χ2n) is 5.65. The molecule has 0 aliphatic rings. The molecule has 2 aromatic heterocycles. The molecule has 0 bridgehead atoms. The monoisotopic (exact) mass is 481 g/mol. The SMILES string of the molecule is CN=C(NCCc1cccs1)NCc1ccccc1Cn1cccn1.I. The van der Waals surface area contributed by atoms with Gasteiger partial charge in [-0.15, -0.1) is 35.3 Å². The molecule has 5 nitrogen and oxygen atoms in total. The number of aliphatic imine (C=N–C) groups is 1. The molecular formula is C19H24IN5S. The quantitative estimate of drug-likeness (QED) is 0.309. The molecule has 1 aromatic carbocycles. The molecule has 0 atom stereocenters. The Morgan fingerprint density at radius 1 is 1.12 bits per heavy atom. The van der Waals surface area contributed by atoms with Gasteiger partial charge in [0.1, 0.15) is 0 Å². The first-order chi connectivity index (χ1) is 12.3. The van der Waals surface area contributed by atoms with Gasteiger partial charge in [-0.2, -0.15) is 5.10 Å². The Morgan fingerprint density at radius 2 is 1.96 bits per heavy atom. The standard InChI is InChI=1S/C19H23N5S.HI/c1-20-19(21-11-9-18-8-4-13-25-18)22-14-16-6-2-3-7-17(16)15-24-12-5-10-23-24;/h2-8,10,12-13H,9,11,14-15H2,1H3,(H2,20,21,22);1H. The fraction of sp³-hybridized carbons (Fsp3) is 0.263. The van der Waals surface area contributed by atoms with Crippen molar-refractivity contribution >= 4 is 41.3 Å². The maximum atomic E-state index is 4.31. The van der Waals surface area contributed by atoms with Crippen molar-refractivity contribution < 1.29 is 0 Å². The number of rotatable bonds is 7. The molecule has 0 amide bonds. The molecule has 7 heteroatoms. The van der Waals surface area contributed by atoms with E-state index in [9.17, 15) is 0 Å². The number of guanidine groups is 1. The molecule has 3 aromatic rings. The summed E-state index contributed by atoms with van der Waals surface area (Å²) in [6.45, 7) is 2.38. The van der Waals surface area contributed by atoms with Crippen molar-refractivity contribution in [2.24, 2.45) is 4.99 Å². The van der Waals surface area contributed by atoms with E-state index in [0.29, 0.717) is 0 Å². The van der Waals surface area contributed by atoms with E-state index in [1.807, 2.05) is 16.9 Å². The maximum absolute atomic E-state index is 4.31. The molecule has 0 radical (unpaired) electrons. The molecule has 2 N–H and O–H groups in total. The summed E-state index contributed by atoms with van der Waals surface area (Å²) in [4.78, 5) is 5.69. The number of hydrogen-bond donors (Lipinski definition) is 2. The average molecular weight is 481 g/mol. The normalized spacial score (nSPS) is 11.0. The van der Waals surface area contributed by atoms with Gasteiger partial charge in [0, 0.05) is 37.4 Å². The fourth-order valence-corrected chi connectivity index (χ4v) is 3.32. The van der Waals surface area contributed by atoms with Gasteiger partial charge in [0.05, 0.1) is 6.54 Å². The number of nitrogens with zero attached hydrogens (tertiary/aromatic N) is 3. The van der Waals surface area contributed by atoms with Crippen molar-refractivity contribution in [1.29, 1.82) is 0 Å². The van der Waals surface area contributed by atoms with Gasteiger partial charge in [-0.1, -0.05) is 30.3 Å². The van der Waals surface area contributed by atoms with Gasteiger partial charge in [0.15, 0.2) is 5.96 Å². The summed E-state index contributed by atoms with van der Waals surface area (Å²) in [7, 11) is 1.80. The van der Waals surface area contributed by atoms with Gasteiger partial charge < -0.3 is 10.6 Å². The molecule has 2 heterocycles. The van der Waals surface area contributed by atoms with E-state index in [1.165, 1.54) is 16.0 Å². The highest BCUT2D eigenvalue weighted by molar-refractivity contribution is 14.0. The van der Waals surface area contributed by atoms with Crippen molar-refractivity contribution in [2.45, 2.75) is 19.5 Å². The largest absolute Gasteiger partial charge is 0.356 e.